The monoisotopic (exact) mass is 383 g/mol. The minimum Gasteiger partial charge on any atom is -0.384 e. The fourth-order valence-electron chi connectivity index (χ4n) is 2.07. The Bertz CT molecular complexity index is 880. The number of nitrogens with zero attached hydrogens (tertiary/aromatic N) is 2. The predicted octanol–water partition coefficient (Wildman–Crippen LogP) is 1.10. The molecule has 0 aliphatic heterocycles. The average molecular weight is 383 g/mol. The standard InChI is InChI=1S/C15H21N5O5S/c1-9-4-5-11(26(16,22)23)8-12(9)18-15(21)17-10(2)14-19-13(20-25-14)6-7-24-3/h4-5,8,10H,6-7H2,1-3H3,(H2,16,22,23)(H2,17,18,21)/t10-/m0/s1. The molecular formula is C15H21N5O5S. The number of rotatable bonds is 7. The van der Waals surface area contributed by atoms with E-state index in [0.717, 1.165) is 0 Å². The van der Waals surface area contributed by atoms with Crippen molar-refractivity contribution in [3.05, 3.63) is 35.5 Å². The third kappa shape index (κ3) is 5.25. The number of carbonyl (C=O) groups is 1. The fraction of sp³-hybridized carbons (Fsp3) is 0.400. The Hall–Kier alpha value is -2.50. The van der Waals surface area contributed by atoms with Gasteiger partial charge < -0.3 is 19.9 Å². The number of hydrogen-bond donors (Lipinski definition) is 3. The van der Waals surface area contributed by atoms with Gasteiger partial charge >= 0.3 is 6.03 Å². The molecule has 0 fully saturated rings. The van der Waals surface area contributed by atoms with Gasteiger partial charge in [-0.3, -0.25) is 0 Å². The van der Waals surface area contributed by atoms with E-state index in [2.05, 4.69) is 20.8 Å². The van der Waals surface area contributed by atoms with E-state index in [1.807, 2.05) is 0 Å². The summed E-state index contributed by atoms with van der Waals surface area (Å²) in [4.78, 5) is 16.3. The van der Waals surface area contributed by atoms with Crippen LogP contribution in [0.25, 0.3) is 0 Å². The lowest BCUT2D eigenvalue weighted by Gasteiger charge is -2.13. The normalized spacial score (nSPS) is 12.6. The summed E-state index contributed by atoms with van der Waals surface area (Å²) in [5, 5.41) is 14.1. The summed E-state index contributed by atoms with van der Waals surface area (Å²) < 4.78 is 32.9. The molecule has 2 rings (SSSR count). The number of sulfonamides is 1. The van der Waals surface area contributed by atoms with E-state index in [0.29, 0.717) is 30.1 Å². The van der Waals surface area contributed by atoms with E-state index < -0.39 is 22.1 Å². The van der Waals surface area contributed by atoms with Crippen molar-refractivity contribution in [2.24, 2.45) is 5.14 Å². The zero-order valence-electron chi connectivity index (χ0n) is 14.6. The van der Waals surface area contributed by atoms with Gasteiger partial charge in [-0.25, -0.2) is 18.4 Å². The summed E-state index contributed by atoms with van der Waals surface area (Å²) in [5.74, 6) is 0.730. The van der Waals surface area contributed by atoms with Crippen LogP contribution in [0.4, 0.5) is 10.5 Å². The topological polar surface area (TPSA) is 149 Å². The van der Waals surface area contributed by atoms with Crippen molar-refractivity contribution < 1.29 is 22.5 Å². The first-order valence-corrected chi connectivity index (χ1v) is 9.27. The highest BCUT2D eigenvalue weighted by Gasteiger charge is 2.18. The van der Waals surface area contributed by atoms with Gasteiger partial charge in [0.2, 0.25) is 15.9 Å². The van der Waals surface area contributed by atoms with Crippen molar-refractivity contribution in [3.8, 4) is 0 Å². The van der Waals surface area contributed by atoms with Crippen LogP contribution in [-0.4, -0.2) is 38.3 Å². The van der Waals surface area contributed by atoms with E-state index >= 15 is 0 Å². The predicted molar refractivity (Wildman–Crippen MR) is 93.0 cm³/mol. The number of benzene rings is 1. The highest BCUT2D eigenvalue weighted by Crippen LogP contribution is 2.19. The fourth-order valence-corrected chi connectivity index (χ4v) is 2.61. The molecule has 2 amide bonds. The van der Waals surface area contributed by atoms with Crippen molar-refractivity contribution in [2.75, 3.05) is 19.0 Å². The molecule has 11 heteroatoms. The lowest BCUT2D eigenvalue weighted by molar-refractivity contribution is 0.199. The van der Waals surface area contributed by atoms with E-state index in [1.54, 1.807) is 27.0 Å². The maximum absolute atomic E-state index is 12.2. The van der Waals surface area contributed by atoms with Gasteiger partial charge in [-0.1, -0.05) is 11.2 Å². The summed E-state index contributed by atoms with van der Waals surface area (Å²) in [7, 11) is -2.29. The number of primary sulfonamides is 1. The minimum absolute atomic E-state index is 0.0915. The van der Waals surface area contributed by atoms with Crippen LogP contribution in [0.5, 0.6) is 0 Å². The summed E-state index contributed by atoms with van der Waals surface area (Å²) in [6, 6.07) is 3.13. The van der Waals surface area contributed by atoms with Gasteiger partial charge in [0, 0.05) is 19.2 Å². The Morgan fingerprint density at radius 3 is 2.81 bits per heavy atom. The number of aryl methyl sites for hydroxylation is 1. The second-order valence-corrected chi connectivity index (χ2v) is 7.19. The number of urea groups is 1. The Kier molecular flexibility index (Phi) is 6.29. The Morgan fingerprint density at radius 1 is 1.42 bits per heavy atom. The van der Waals surface area contributed by atoms with Gasteiger partial charge in [0.25, 0.3) is 0 Å². The summed E-state index contributed by atoms with van der Waals surface area (Å²) in [6.45, 7) is 3.87. The molecule has 0 spiro atoms. The molecule has 26 heavy (non-hydrogen) atoms. The van der Waals surface area contributed by atoms with E-state index in [1.165, 1.54) is 12.1 Å². The lowest BCUT2D eigenvalue weighted by Crippen LogP contribution is -2.31. The van der Waals surface area contributed by atoms with E-state index in [-0.39, 0.29) is 10.8 Å². The average Bonchev–Trinajstić information content (AvgIpc) is 3.03. The van der Waals surface area contributed by atoms with Gasteiger partial charge in [-0.2, -0.15) is 4.98 Å². The molecule has 1 atom stereocenters. The zero-order chi connectivity index (χ0) is 19.3. The summed E-state index contributed by atoms with van der Waals surface area (Å²) in [6.07, 6.45) is 0.498. The molecule has 1 aromatic carbocycles. The Morgan fingerprint density at radius 2 is 2.15 bits per heavy atom. The minimum atomic E-state index is -3.86. The van der Waals surface area contributed by atoms with Crippen LogP contribution in [0.15, 0.2) is 27.6 Å². The smallest absolute Gasteiger partial charge is 0.319 e. The molecule has 0 aliphatic rings. The van der Waals surface area contributed by atoms with Crippen LogP contribution in [-0.2, 0) is 21.2 Å². The molecule has 0 bridgehead atoms. The third-order valence-corrected chi connectivity index (χ3v) is 4.43. The molecule has 0 unspecified atom stereocenters. The highest BCUT2D eigenvalue weighted by atomic mass is 32.2. The number of ether oxygens (including phenoxy) is 1. The summed E-state index contributed by atoms with van der Waals surface area (Å²) >= 11 is 0. The number of amides is 2. The van der Waals surface area contributed by atoms with Crippen LogP contribution in [0.3, 0.4) is 0 Å². The number of nitrogens with two attached hydrogens (primary N) is 1. The Balaban J connectivity index is 2.03. The van der Waals surface area contributed by atoms with Crippen LogP contribution in [0.2, 0.25) is 0 Å². The highest BCUT2D eigenvalue weighted by molar-refractivity contribution is 7.89. The number of aromatic nitrogens is 2. The van der Waals surface area contributed by atoms with Gasteiger partial charge in [0.05, 0.1) is 11.5 Å². The second kappa shape index (κ2) is 8.25. The van der Waals surface area contributed by atoms with Crippen molar-refractivity contribution in [2.45, 2.75) is 31.2 Å². The number of carbonyl (C=O) groups excluding carboxylic acids is 1. The molecular weight excluding hydrogens is 362 g/mol. The summed E-state index contributed by atoms with van der Waals surface area (Å²) in [5.41, 5.74) is 1.01. The zero-order valence-corrected chi connectivity index (χ0v) is 15.5. The quantitative estimate of drug-likeness (QED) is 0.648. The first-order valence-electron chi connectivity index (χ1n) is 7.73. The molecule has 0 aliphatic carbocycles. The second-order valence-electron chi connectivity index (χ2n) is 5.63. The van der Waals surface area contributed by atoms with Gasteiger partial charge in [0.1, 0.15) is 6.04 Å². The van der Waals surface area contributed by atoms with Gasteiger partial charge in [-0.05, 0) is 31.5 Å². The largest absolute Gasteiger partial charge is 0.384 e. The van der Waals surface area contributed by atoms with E-state index in [9.17, 15) is 13.2 Å². The lowest BCUT2D eigenvalue weighted by atomic mass is 10.2. The molecule has 0 saturated heterocycles. The maximum Gasteiger partial charge on any atom is 0.319 e. The number of nitrogens with one attached hydrogen (secondary N) is 2. The molecule has 1 heterocycles. The van der Waals surface area contributed by atoms with Gasteiger partial charge in [-0.15, -0.1) is 0 Å². The first kappa shape index (κ1) is 19.8. The Labute approximate surface area is 151 Å². The van der Waals surface area contributed by atoms with Crippen LogP contribution >= 0.6 is 0 Å². The third-order valence-electron chi connectivity index (χ3n) is 3.52. The SMILES string of the molecule is COCCc1noc([C@H](C)NC(=O)Nc2cc(S(N)(=O)=O)ccc2C)n1. The van der Waals surface area contributed by atoms with Gasteiger partial charge in [0.15, 0.2) is 5.82 Å². The van der Waals surface area contributed by atoms with Crippen molar-refractivity contribution >= 4 is 21.7 Å². The number of hydrogen-bond acceptors (Lipinski definition) is 7. The molecule has 0 saturated carbocycles. The number of anilines is 1. The molecule has 142 valence electrons. The van der Waals surface area contributed by atoms with Crippen LogP contribution < -0.4 is 15.8 Å². The van der Waals surface area contributed by atoms with Crippen molar-refractivity contribution in [3.63, 3.8) is 0 Å². The number of methoxy groups -OCH3 is 1. The molecule has 2 aromatic rings. The maximum atomic E-state index is 12.2. The van der Waals surface area contributed by atoms with Crippen molar-refractivity contribution in [1.29, 1.82) is 0 Å². The molecule has 1 aromatic heterocycles. The van der Waals surface area contributed by atoms with E-state index in [4.69, 9.17) is 14.4 Å². The van der Waals surface area contributed by atoms with Crippen LogP contribution in [0.1, 0.15) is 30.2 Å². The first-order chi connectivity index (χ1) is 12.2. The van der Waals surface area contributed by atoms with Crippen molar-refractivity contribution in [1.82, 2.24) is 15.5 Å². The molecule has 10 nitrogen and oxygen atoms in total. The molecule has 4 N–H and O–H groups in total. The van der Waals surface area contributed by atoms with Crippen LogP contribution in [0, 0.1) is 6.92 Å². The molecule has 0 radical (unpaired) electrons.